The molecule has 0 bridgehead atoms. The zero-order valence-corrected chi connectivity index (χ0v) is 14.6. The lowest BCUT2D eigenvalue weighted by Crippen LogP contribution is -2.08. The van der Waals surface area contributed by atoms with Crippen LogP contribution in [-0.4, -0.2) is 14.8 Å². The quantitative estimate of drug-likeness (QED) is 0.491. The first kappa shape index (κ1) is 17.5. The van der Waals surface area contributed by atoms with E-state index in [0.29, 0.717) is 16.5 Å². The molecule has 0 amide bonds. The van der Waals surface area contributed by atoms with Crippen LogP contribution in [0.15, 0.2) is 60.8 Å². The molecule has 0 aliphatic heterocycles. The molecule has 2 aromatic heterocycles. The van der Waals surface area contributed by atoms with Gasteiger partial charge in [0.25, 0.3) is 0 Å². The Labute approximate surface area is 157 Å². The Morgan fingerprint density at radius 1 is 1.07 bits per heavy atom. The van der Waals surface area contributed by atoms with Gasteiger partial charge in [-0.3, -0.25) is 0 Å². The summed E-state index contributed by atoms with van der Waals surface area (Å²) in [7, 11) is 0. The highest BCUT2D eigenvalue weighted by atomic mass is 35.5. The molecule has 27 heavy (non-hydrogen) atoms. The highest BCUT2D eigenvalue weighted by Crippen LogP contribution is 2.31. The van der Waals surface area contributed by atoms with Gasteiger partial charge in [0.15, 0.2) is 5.69 Å². The summed E-state index contributed by atoms with van der Waals surface area (Å²) in [4.78, 5) is 3.07. The van der Waals surface area contributed by atoms with Crippen LogP contribution in [0.1, 0.15) is 11.4 Å². The molecular weight excluding hydrogens is 379 g/mol. The van der Waals surface area contributed by atoms with E-state index in [1.165, 1.54) is 4.68 Å². The summed E-state index contributed by atoms with van der Waals surface area (Å²) in [5.74, 6) is 0.544. The summed E-state index contributed by atoms with van der Waals surface area (Å²) in [6.45, 7) is -0.0930. The zero-order chi connectivity index (χ0) is 19.0. The van der Waals surface area contributed by atoms with Gasteiger partial charge in [0.2, 0.25) is 0 Å². The Kier molecular flexibility index (Phi) is 4.31. The minimum Gasteiger partial charge on any atom is -0.487 e. The molecule has 1 N–H and O–H groups in total. The first-order valence-electron chi connectivity index (χ1n) is 8.03. The average Bonchev–Trinajstić information content (AvgIpc) is 3.26. The van der Waals surface area contributed by atoms with Gasteiger partial charge in [-0.1, -0.05) is 23.7 Å². The average molecular weight is 392 g/mol. The van der Waals surface area contributed by atoms with E-state index in [-0.39, 0.29) is 12.3 Å². The molecule has 0 saturated carbocycles. The molecule has 0 aliphatic carbocycles. The number of fused-ring (bicyclic) bond motifs is 1. The third kappa shape index (κ3) is 3.50. The Morgan fingerprint density at radius 2 is 1.89 bits per heavy atom. The zero-order valence-electron chi connectivity index (χ0n) is 13.8. The lowest BCUT2D eigenvalue weighted by molar-refractivity contribution is -0.141. The van der Waals surface area contributed by atoms with Crippen molar-refractivity contribution in [2.75, 3.05) is 0 Å². The fourth-order valence-corrected chi connectivity index (χ4v) is 2.99. The van der Waals surface area contributed by atoms with Crippen molar-refractivity contribution >= 4 is 22.5 Å². The summed E-state index contributed by atoms with van der Waals surface area (Å²) in [6, 6.07) is 14.8. The molecule has 0 atom stereocenters. The van der Waals surface area contributed by atoms with Gasteiger partial charge in [0.05, 0.1) is 16.4 Å². The number of nitrogens with zero attached hydrogens (tertiary/aromatic N) is 2. The number of aromatic nitrogens is 3. The molecule has 0 aliphatic rings. The normalized spacial score (nSPS) is 11.9. The predicted molar refractivity (Wildman–Crippen MR) is 96.2 cm³/mol. The SMILES string of the molecule is FC(F)(F)c1cc(COc2ccc3[nH]ccc3c2)n(-c2ccccc2Cl)n1. The number of hydrogen-bond acceptors (Lipinski definition) is 2. The third-order valence-electron chi connectivity index (χ3n) is 4.07. The van der Waals surface area contributed by atoms with Crippen LogP contribution in [0.2, 0.25) is 5.02 Å². The van der Waals surface area contributed by atoms with E-state index in [1.54, 1.807) is 36.5 Å². The number of aromatic amines is 1. The number of hydrogen-bond donors (Lipinski definition) is 1. The van der Waals surface area contributed by atoms with Crippen LogP contribution in [0, 0.1) is 0 Å². The van der Waals surface area contributed by atoms with Crippen molar-refractivity contribution in [1.82, 2.24) is 14.8 Å². The Bertz CT molecular complexity index is 1100. The molecule has 0 fully saturated rings. The number of H-pyrrole nitrogens is 1. The summed E-state index contributed by atoms with van der Waals surface area (Å²) in [5.41, 5.74) is 0.545. The maximum Gasteiger partial charge on any atom is 0.435 e. The van der Waals surface area contributed by atoms with Crippen molar-refractivity contribution in [3.63, 3.8) is 0 Å². The lowest BCUT2D eigenvalue weighted by atomic mass is 10.2. The van der Waals surface area contributed by atoms with Crippen molar-refractivity contribution in [3.05, 3.63) is 77.2 Å². The highest BCUT2D eigenvalue weighted by molar-refractivity contribution is 6.32. The van der Waals surface area contributed by atoms with Crippen LogP contribution in [0.3, 0.4) is 0 Å². The fraction of sp³-hybridized carbons (Fsp3) is 0.105. The molecule has 4 nitrogen and oxygen atoms in total. The van der Waals surface area contributed by atoms with Crippen LogP contribution < -0.4 is 4.74 Å². The van der Waals surface area contributed by atoms with Crippen molar-refractivity contribution < 1.29 is 17.9 Å². The molecule has 8 heteroatoms. The second-order valence-corrected chi connectivity index (χ2v) is 6.30. The summed E-state index contributed by atoms with van der Waals surface area (Å²) >= 11 is 6.14. The largest absolute Gasteiger partial charge is 0.487 e. The van der Waals surface area contributed by atoms with Gasteiger partial charge in [-0.25, -0.2) is 4.68 Å². The third-order valence-corrected chi connectivity index (χ3v) is 4.39. The Balaban J connectivity index is 1.68. The van der Waals surface area contributed by atoms with Crippen LogP contribution in [-0.2, 0) is 12.8 Å². The standard InChI is InChI=1S/C19H13ClF3N3O/c20-15-3-1-2-4-17(15)26-13(10-18(25-26)19(21,22)23)11-27-14-5-6-16-12(9-14)7-8-24-16/h1-10,24H,11H2. The minimum atomic E-state index is -4.56. The lowest BCUT2D eigenvalue weighted by Gasteiger charge is -2.10. The van der Waals surface area contributed by atoms with Crippen molar-refractivity contribution in [2.24, 2.45) is 0 Å². The molecule has 0 spiro atoms. The van der Waals surface area contributed by atoms with E-state index in [1.807, 2.05) is 18.2 Å². The number of ether oxygens (including phenoxy) is 1. The van der Waals surface area contributed by atoms with Crippen LogP contribution in [0.4, 0.5) is 13.2 Å². The summed E-state index contributed by atoms with van der Waals surface area (Å²) < 4.78 is 46.3. The van der Waals surface area contributed by atoms with Crippen molar-refractivity contribution in [3.8, 4) is 11.4 Å². The van der Waals surface area contributed by atoms with E-state index in [2.05, 4.69) is 10.1 Å². The van der Waals surface area contributed by atoms with E-state index in [9.17, 15) is 13.2 Å². The van der Waals surface area contributed by atoms with Gasteiger partial charge < -0.3 is 9.72 Å². The topological polar surface area (TPSA) is 42.8 Å². The Morgan fingerprint density at radius 3 is 2.67 bits per heavy atom. The van der Waals surface area contributed by atoms with Gasteiger partial charge in [-0.05, 0) is 42.5 Å². The summed E-state index contributed by atoms with van der Waals surface area (Å²) in [6.07, 6.45) is -2.76. The summed E-state index contributed by atoms with van der Waals surface area (Å²) in [5, 5.41) is 4.93. The van der Waals surface area contributed by atoms with Gasteiger partial charge >= 0.3 is 6.18 Å². The number of alkyl halides is 3. The molecular formula is C19H13ClF3N3O. The van der Waals surface area contributed by atoms with Gasteiger partial charge in [0.1, 0.15) is 12.4 Å². The van der Waals surface area contributed by atoms with Gasteiger partial charge in [-0.15, -0.1) is 0 Å². The molecule has 2 aromatic carbocycles. The number of halogens is 4. The van der Waals surface area contributed by atoms with Gasteiger partial charge in [0, 0.05) is 17.1 Å². The molecule has 4 aromatic rings. The highest BCUT2D eigenvalue weighted by Gasteiger charge is 2.35. The fourth-order valence-electron chi connectivity index (χ4n) is 2.77. The molecule has 0 unspecified atom stereocenters. The second kappa shape index (κ2) is 6.66. The molecule has 0 radical (unpaired) electrons. The first-order valence-corrected chi connectivity index (χ1v) is 8.40. The van der Waals surface area contributed by atoms with E-state index in [4.69, 9.17) is 16.3 Å². The van der Waals surface area contributed by atoms with Crippen LogP contribution >= 0.6 is 11.6 Å². The maximum absolute atomic E-state index is 13.1. The van der Waals surface area contributed by atoms with Gasteiger partial charge in [-0.2, -0.15) is 18.3 Å². The predicted octanol–water partition coefficient (Wildman–Crippen LogP) is 5.60. The van der Waals surface area contributed by atoms with Crippen molar-refractivity contribution in [2.45, 2.75) is 12.8 Å². The van der Waals surface area contributed by atoms with Crippen LogP contribution in [0.5, 0.6) is 5.75 Å². The van der Waals surface area contributed by atoms with E-state index < -0.39 is 11.9 Å². The smallest absolute Gasteiger partial charge is 0.435 e. The second-order valence-electron chi connectivity index (χ2n) is 5.90. The molecule has 2 heterocycles. The van der Waals surface area contributed by atoms with E-state index in [0.717, 1.165) is 17.0 Å². The van der Waals surface area contributed by atoms with Crippen molar-refractivity contribution in [1.29, 1.82) is 0 Å². The Hall–Kier alpha value is -2.93. The van der Waals surface area contributed by atoms with E-state index >= 15 is 0 Å². The molecule has 0 saturated heterocycles. The molecule has 4 rings (SSSR count). The monoisotopic (exact) mass is 391 g/mol. The first-order chi connectivity index (χ1) is 12.9. The maximum atomic E-state index is 13.1. The minimum absolute atomic E-state index is 0.0930. The number of para-hydroxylation sites is 1. The molecule has 138 valence electrons. The number of rotatable bonds is 4. The van der Waals surface area contributed by atoms with Crippen LogP contribution in [0.25, 0.3) is 16.6 Å². The number of nitrogens with one attached hydrogen (secondary N) is 1. The number of benzene rings is 2.